The van der Waals surface area contributed by atoms with E-state index in [9.17, 15) is 0 Å². The lowest BCUT2D eigenvalue weighted by molar-refractivity contribution is 0.235. The van der Waals surface area contributed by atoms with Gasteiger partial charge in [0.2, 0.25) is 0 Å². The first-order chi connectivity index (χ1) is 7.29. The summed E-state index contributed by atoms with van der Waals surface area (Å²) in [6.07, 6.45) is 5.72. The maximum atomic E-state index is 8.89. The Kier molecular flexibility index (Phi) is 5.16. The molecule has 0 fully saturated rings. The van der Waals surface area contributed by atoms with Gasteiger partial charge in [-0.2, -0.15) is 5.26 Å². The molecule has 0 aromatic carbocycles. The minimum atomic E-state index is 0.321. The molecule has 0 amide bonds. The molecule has 1 aliphatic heterocycles. The first-order valence-electron chi connectivity index (χ1n) is 5.50. The van der Waals surface area contributed by atoms with Crippen molar-refractivity contribution in [2.75, 3.05) is 27.2 Å². The van der Waals surface area contributed by atoms with Crippen LogP contribution in [-0.2, 0) is 0 Å². The molecule has 0 aromatic rings. The smallest absolute Gasteiger partial charge is 0.117 e. The number of allylic oxidation sites excluding steroid dienone is 1. The van der Waals surface area contributed by atoms with Gasteiger partial charge in [-0.05, 0) is 38.9 Å². The molecule has 0 spiro atoms. The van der Waals surface area contributed by atoms with E-state index < -0.39 is 0 Å². The van der Waals surface area contributed by atoms with Crippen LogP contribution in [0.25, 0.3) is 0 Å². The van der Waals surface area contributed by atoms with Crippen molar-refractivity contribution in [2.45, 2.75) is 25.4 Å². The van der Waals surface area contributed by atoms with E-state index in [1.165, 1.54) is 12.8 Å². The largest absolute Gasteiger partial charge is 0.351 e. The van der Waals surface area contributed by atoms with Crippen molar-refractivity contribution in [3.05, 3.63) is 11.8 Å². The van der Waals surface area contributed by atoms with Crippen molar-refractivity contribution in [3.63, 3.8) is 0 Å². The van der Waals surface area contributed by atoms with Crippen LogP contribution in [0.2, 0.25) is 0 Å². The molecule has 0 saturated carbocycles. The van der Waals surface area contributed by atoms with Crippen molar-refractivity contribution in [2.24, 2.45) is 0 Å². The summed E-state index contributed by atoms with van der Waals surface area (Å²) in [6.45, 7) is 1.88. The average Bonchev–Trinajstić information content (AvgIpc) is 2.26. The highest BCUT2D eigenvalue weighted by Gasteiger charge is 2.19. The van der Waals surface area contributed by atoms with E-state index >= 15 is 0 Å². The number of rotatable bonds is 5. The Morgan fingerprint density at radius 3 is 3.13 bits per heavy atom. The van der Waals surface area contributed by atoms with Crippen LogP contribution in [0.5, 0.6) is 0 Å². The van der Waals surface area contributed by atoms with Crippen LogP contribution in [0.15, 0.2) is 11.8 Å². The number of hydrogen-bond donors (Lipinski definition) is 2. The van der Waals surface area contributed by atoms with Crippen LogP contribution in [-0.4, -0.2) is 38.3 Å². The minimum absolute atomic E-state index is 0.321. The van der Waals surface area contributed by atoms with Crippen LogP contribution >= 0.6 is 0 Å². The predicted molar refractivity (Wildman–Crippen MR) is 61.0 cm³/mol. The molecule has 1 unspecified atom stereocenters. The molecule has 0 saturated heterocycles. The van der Waals surface area contributed by atoms with Crippen LogP contribution < -0.4 is 10.6 Å². The van der Waals surface area contributed by atoms with E-state index in [1.807, 2.05) is 25.1 Å². The van der Waals surface area contributed by atoms with Crippen LogP contribution in [0, 0.1) is 11.3 Å². The molecule has 1 rings (SSSR count). The molecule has 2 N–H and O–H groups in total. The molecule has 0 bridgehead atoms. The van der Waals surface area contributed by atoms with Crippen molar-refractivity contribution >= 4 is 0 Å². The molecule has 1 atom stereocenters. The van der Waals surface area contributed by atoms with Crippen molar-refractivity contribution in [1.29, 1.82) is 5.26 Å². The quantitative estimate of drug-likeness (QED) is 0.651. The zero-order valence-electron chi connectivity index (χ0n) is 9.58. The highest BCUT2D eigenvalue weighted by Crippen LogP contribution is 2.13. The fraction of sp³-hybridized carbons (Fsp3) is 0.727. The first kappa shape index (κ1) is 12.0. The molecule has 0 aromatic heterocycles. The van der Waals surface area contributed by atoms with Gasteiger partial charge in [-0.3, -0.25) is 5.32 Å². The minimum Gasteiger partial charge on any atom is -0.351 e. The van der Waals surface area contributed by atoms with Crippen molar-refractivity contribution < 1.29 is 0 Å². The summed E-state index contributed by atoms with van der Waals surface area (Å²) in [5.74, 6) is 0. The van der Waals surface area contributed by atoms with Gasteiger partial charge in [0.1, 0.15) is 11.8 Å². The fourth-order valence-electron chi connectivity index (χ4n) is 1.80. The third-order valence-corrected chi connectivity index (χ3v) is 2.77. The number of hydrogen-bond acceptors (Lipinski definition) is 4. The van der Waals surface area contributed by atoms with Crippen LogP contribution in [0.3, 0.4) is 0 Å². The zero-order valence-corrected chi connectivity index (χ0v) is 9.58. The number of nitrogens with one attached hydrogen (secondary N) is 2. The Labute approximate surface area is 91.9 Å². The van der Waals surface area contributed by atoms with E-state index in [1.54, 1.807) is 0 Å². The predicted octanol–water partition coefficient (Wildman–Crippen LogP) is 0.645. The van der Waals surface area contributed by atoms with Gasteiger partial charge in [0.05, 0.1) is 6.17 Å². The lowest BCUT2D eigenvalue weighted by Gasteiger charge is -2.33. The van der Waals surface area contributed by atoms with Gasteiger partial charge in [0.15, 0.2) is 0 Å². The van der Waals surface area contributed by atoms with Crippen LogP contribution in [0.1, 0.15) is 19.3 Å². The maximum Gasteiger partial charge on any atom is 0.117 e. The summed E-state index contributed by atoms with van der Waals surface area (Å²) in [5.41, 5.74) is 0.785. The van der Waals surface area contributed by atoms with Gasteiger partial charge < -0.3 is 10.2 Å². The highest BCUT2D eigenvalue weighted by molar-refractivity contribution is 5.22. The molecule has 4 heteroatoms. The molecular formula is C11H20N4. The standard InChI is InChI=1S/C11H20N4/c1-13-7-4-3-5-11-14-8-6-10(9-12)15(11)2/h6,11,13-14H,3-5,7-8H2,1-2H3. The van der Waals surface area contributed by atoms with Gasteiger partial charge in [-0.1, -0.05) is 0 Å². The van der Waals surface area contributed by atoms with Crippen molar-refractivity contribution in [1.82, 2.24) is 15.5 Å². The Hall–Kier alpha value is -1.05. The normalized spacial score (nSPS) is 21.0. The number of unbranched alkanes of at least 4 members (excludes halogenated alkanes) is 1. The molecule has 15 heavy (non-hydrogen) atoms. The van der Waals surface area contributed by atoms with E-state index in [2.05, 4.69) is 16.7 Å². The lowest BCUT2D eigenvalue weighted by Crippen LogP contribution is -2.46. The van der Waals surface area contributed by atoms with Gasteiger partial charge in [-0.15, -0.1) is 0 Å². The second-order valence-electron chi connectivity index (χ2n) is 3.84. The molecule has 1 heterocycles. The summed E-state index contributed by atoms with van der Waals surface area (Å²) >= 11 is 0. The van der Waals surface area contributed by atoms with Gasteiger partial charge in [0.25, 0.3) is 0 Å². The van der Waals surface area contributed by atoms with Gasteiger partial charge in [0, 0.05) is 13.6 Å². The van der Waals surface area contributed by atoms with E-state index in [0.717, 1.165) is 25.2 Å². The molecule has 0 aliphatic carbocycles. The zero-order chi connectivity index (χ0) is 11.1. The topological polar surface area (TPSA) is 51.1 Å². The van der Waals surface area contributed by atoms with Gasteiger partial charge in [-0.25, -0.2) is 0 Å². The highest BCUT2D eigenvalue weighted by atomic mass is 15.3. The Morgan fingerprint density at radius 2 is 2.47 bits per heavy atom. The van der Waals surface area contributed by atoms with Crippen molar-refractivity contribution in [3.8, 4) is 6.07 Å². The SMILES string of the molecule is CNCCCCC1NCC=C(C#N)N1C. The summed E-state index contributed by atoms with van der Waals surface area (Å²) < 4.78 is 0. The second-order valence-corrected chi connectivity index (χ2v) is 3.84. The third-order valence-electron chi connectivity index (χ3n) is 2.77. The Balaban J connectivity index is 2.31. The lowest BCUT2D eigenvalue weighted by atomic mass is 10.1. The molecule has 0 radical (unpaired) electrons. The summed E-state index contributed by atoms with van der Waals surface area (Å²) in [6, 6.07) is 2.22. The second kappa shape index (κ2) is 6.44. The van der Waals surface area contributed by atoms with E-state index in [4.69, 9.17) is 5.26 Å². The van der Waals surface area contributed by atoms with Gasteiger partial charge >= 0.3 is 0 Å². The Bertz CT molecular complexity index is 254. The Morgan fingerprint density at radius 1 is 1.67 bits per heavy atom. The molecule has 4 nitrogen and oxygen atoms in total. The van der Waals surface area contributed by atoms with E-state index in [-0.39, 0.29) is 0 Å². The van der Waals surface area contributed by atoms with Crippen LogP contribution in [0.4, 0.5) is 0 Å². The fourth-order valence-corrected chi connectivity index (χ4v) is 1.80. The third kappa shape index (κ3) is 3.54. The summed E-state index contributed by atoms with van der Waals surface area (Å²) in [5, 5.41) is 15.4. The summed E-state index contributed by atoms with van der Waals surface area (Å²) in [4.78, 5) is 2.03. The number of nitriles is 1. The monoisotopic (exact) mass is 208 g/mol. The molecule has 1 aliphatic rings. The van der Waals surface area contributed by atoms with E-state index in [0.29, 0.717) is 6.17 Å². The molecular weight excluding hydrogens is 188 g/mol. The summed E-state index contributed by atoms with van der Waals surface area (Å²) in [7, 11) is 3.95. The average molecular weight is 208 g/mol. The first-order valence-corrected chi connectivity index (χ1v) is 5.50. The maximum absolute atomic E-state index is 8.89. The number of nitrogens with zero attached hydrogens (tertiary/aromatic N) is 2. The molecule has 84 valence electrons.